The van der Waals surface area contributed by atoms with Gasteiger partial charge in [-0.1, -0.05) is 6.92 Å². The fourth-order valence-corrected chi connectivity index (χ4v) is 4.96. The molecule has 1 saturated heterocycles. The van der Waals surface area contributed by atoms with E-state index < -0.39 is 17.7 Å². The molecular weight excluding hydrogens is 429 g/mol. The number of amidine groups is 1. The third-order valence-corrected chi connectivity index (χ3v) is 6.84. The lowest BCUT2D eigenvalue weighted by molar-refractivity contribution is -0.192. The summed E-state index contributed by atoms with van der Waals surface area (Å²) in [7, 11) is 3.60. The molecule has 2 saturated carbocycles. The molecule has 0 aromatic carbocycles. The lowest BCUT2D eigenvalue weighted by Gasteiger charge is -2.28. The Labute approximate surface area is 185 Å². The molecule has 2 aliphatic heterocycles. The van der Waals surface area contributed by atoms with E-state index in [0.29, 0.717) is 18.4 Å². The van der Waals surface area contributed by atoms with Gasteiger partial charge in [-0.3, -0.25) is 24.4 Å². The van der Waals surface area contributed by atoms with Gasteiger partial charge < -0.3 is 10.0 Å². The number of carbonyl (C=O) groups is 3. The number of fused-ring (bicyclic) bond motifs is 2. The molecule has 11 heteroatoms. The molecule has 0 aromatic rings. The van der Waals surface area contributed by atoms with Crippen LogP contribution in [0.2, 0.25) is 0 Å². The highest BCUT2D eigenvalue weighted by Crippen LogP contribution is 2.50. The maximum atomic E-state index is 13.4. The van der Waals surface area contributed by atoms with Crippen LogP contribution in [0, 0.1) is 17.8 Å². The van der Waals surface area contributed by atoms with Gasteiger partial charge in [-0.15, -0.1) is 0 Å². The number of halogens is 3. The maximum absolute atomic E-state index is 13.4. The largest absolute Gasteiger partial charge is 0.490 e. The van der Waals surface area contributed by atoms with Crippen LogP contribution in [-0.4, -0.2) is 95.4 Å². The molecule has 3 fully saturated rings. The smallest absolute Gasteiger partial charge is 0.475 e. The van der Waals surface area contributed by atoms with Gasteiger partial charge in [0.25, 0.3) is 5.91 Å². The van der Waals surface area contributed by atoms with E-state index in [1.54, 1.807) is 19.0 Å². The van der Waals surface area contributed by atoms with Crippen LogP contribution in [0.25, 0.3) is 0 Å². The first-order valence-electron chi connectivity index (χ1n) is 11.0. The minimum atomic E-state index is -5.08. The number of amides is 2. The highest BCUT2D eigenvalue weighted by molar-refractivity contribution is 6.08. The van der Waals surface area contributed by atoms with Crippen molar-refractivity contribution in [1.82, 2.24) is 14.7 Å². The Morgan fingerprint density at radius 3 is 2.34 bits per heavy atom. The number of rotatable bonds is 5. The summed E-state index contributed by atoms with van der Waals surface area (Å²) < 4.78 is 31.7. The van der Waals surface area contributed by atoms with Crippen LogP contribution in [0.3, 0.4) is 0 Å². The standard InChI is InChI=1S/C19H30N4O2.C2HF3O2/c1-4-16-20-19(18(25)23(16)9-13-5-6-13)8-7-14-10-22(11-15(14)19)12-17(24)21(2)3;3-2(4,5)1(6)7/h13-15H,4-12H2,1-3H3;(H,6,7)/t14-,15+,19-;/m1./s1. The predicted octanol–water partition coefficient (Wildman–Crippen LogP) is 1.85. The normalized spacial score (nSPS) is 29.6. The van der Waals surface area contributed by atoms with Crippen LogP contribution in [0.4, 0.5) is 13.2 Å². The number of alkyl halides is 3. The monoisotopic (exact) mass is 460 g/mol. The van der Waals surface area contributed by atoms with Crippen molar-refractivity contribution >= 4 is 23.6 Å². The third-order valence-electron chi connectivity index (χ3n) is 6.84. The van der Waals surface area contributed by atoms with Crippen LogP contribution in [-0.2, 0) is 14.4 Å². The Hall–Kier alpha value is -2.17. The molecule has 2 aliphatic carbocycles. The fraction of sp³-hybridized carbons (Fsp3) is 0.810. The third kappa shape index (κ3) is 4.92. The zero-order valence-corrected chi connectivity index (χ0v) is 18.7. The molecule has 2 amide bonds. The molecular formula is C21H31F3N4O4. The Kier molecular flexibility index (Phi) is 6.88. The van der Waals surface area contributed by atoms with Gasteiger partial charge >= 0.3 is 12.1 Å². The maximum Gasteiger partial charge on any atom is 0.490 e. The highest BCUT2D eigenvalue weighted by atomic mass is 19.4. The minimum absolute atomic E-state index is 0.139. The predicted molar refractivity (Wildman–Crippen MR) is 110 cm³/mol. The summed E-state index contributed by atoms with van der Waals surface area (Å²) in [5.74, 6) is 0.102. The van der Waals surface area contributed by atoms with Crippen LogP contribution in [0.15, 0.2) is 4.99 Å². The Morgan fingerprint density at radius 1 is 1.22 bits per heavy atom. The van der Waals surface area contributed by atoms with Gasteiger partial charge in [0.1, 0.15) is 11.4 Å². The number of hydrogen-bond donors (Lipinski definition) is 1. The molecule has 2 heterocycles. The molecule has 1 N–H and O–H groups in total. The van der Waals surface area contributed by atoms with Gasteiger partial charge in [0, 0.05) is 46.1 Å². The molecule has 8 nitrogen and oxygen atoms in total. The number of aliphatic carboxylic acids is 1. The summed E-state index contributed by atoms with van der Waals surface area (Å²) in [5.41, 5.74) is -0.527. The molecule has 180 valence electrons. The second-order valence-electron chi connectivity index (χ2n) is 9.36. The Morgan fingerprint density at radius 2 is 1.84 bits per heavy atom. The van der Waals surface area contributed by atoms with Crippen molar-refractivity contribution in [2.75, 3.05) is 40.3 Å². The number of carboxylic acids is 1. The summed E-state index contributed by atoms with van der Waals surface area (Å²) in [4.78, 5) is 45.2. The second kappa shape index (κ2) is 8.99. The first kappa shape index (κ1) is 24.5. The fourth-order valence-electron chi connectivity index (χ4n) is 4.96. The van der Waals surface area contributed by atoms with Crippen molar-refractivity contribution in [1.29, 1.82) is 0 Å². The number of likely N-dealkylation sites (N-methyl/N-ethyl adjacent to an activating group) is 1. The Balaban J connectivity index is 0.000000360. The van der Waals surface area contributed by atoms with E-state index in [9.17, 15) is 22.8 Å². The van der Waals surface area contributed by atoms with Gasteiger partial charge in [0.15, 0.2) is 0 Å². The molecule has 0 bridgehead atoms. The van der Waals surface area contributed by atoms with Crippen LogP contribution < -0.4 is 0 Å². The summed E-state index contributed by atoms with van der Waals surface area (Å²) in [6.07, 6.45) is 0.197. The molecule has 1 spiro atoms. The van der Waals surface area contributed by atoms with Crippen molar-refractivity contribution in [2.24, 2.45) is 22.7 Å². The van der Waals surface area contributed by atoms with Crippen molar-refractivity contribution in [3.63, 3.8) is 0 Å². The van der Waals surface area contributed by atoms with Crippen molar-refractivity contribution < 1.29 is 32.7 Å². The molecule has 0 unspecified atom stereocenters. The van der Waals surface area contributed by atoms with Gasteiger partial charge in [-0.25, -0.2) is 4.79 Å². The van der Waals surface area contributed by atoms with E-state index in [4.69, 9.17) is 14.9 Å². The molecule has 0 aromatic heterocycles. The minimum Gasteiger partial charge on any atom is -0.475 e. The zero-order valence-electron chi connectivity index (χ0n) is 18.7. The number of likely N-dealkylation sites (tertiary alicyclic amines) is 1. The van der Waals surface area contributed by atoms with E-state index in [0.717, 1.165) is 44.7 Å². The van der Waals surface area contributed by atoms with E-state index in [1.807, 2.05) is 4.90 Å². The van der Waals surface area contributed by atoms with Gasteiger partial charge in [-0.2, -0.15) is 13.2 Å². The average Bonchev–Trinajstić information content (AvgIpc) is 3.25. The summed E-state index contributed by atoms with van der Waals surface area (Å²) in [6, 6.07) is 0. The summed E-state index contributed by atoms with van der Waals surface area (Å²) in [5, 5.41) is 7.12. The first-order valence-corrected chi connectivity index (χ1v) is 11.0. The van der Waals surface area contributed by atoms with E-state index in [2.05, 4.69) is 11.8 Å². The van der Waals surface area contributed by atoms with Crippen molar-refractivity contribution in [3.8, 4) is 0 Å². The van der Waals surface area contributed by atoms with E-state index in [-0.39, 0.29) is 17.7 Å². The lowest BCUT2D eigenvalue weighted by atomic mass is 9.85. The number of carboxylic acid groups (broad SMARTS) is 1. The molecule has 32 heavy (non-hydrogen) atoms. The highest BCUT2D eigenvalue weighted by Gasteiger charge is 2.61. The lowest BCUT2D eigenvalue weighted by Crippen LogP contribution is -2.47. The van der Waals surface area contributed by atoms with Crippen LogP contribution in [0.5, 0.6) is 0 Å². The molecule has 0 radical (unpaired) electrons. The number of nitrogens with zero attached hydrogens (tertiary/aromatic N) is 4. The number of carbonyl (C=O) groups excluding carboxylic acids is 2. The summed E-state index contributed by atoms with van der Waals surface area (Å²) in [6.45, 7) is 5.19. The average molecular weight is 460 g/mol. The molecule has 4 aliphatic rings. The first-order chi connectivity index (χ1) is 14.9. The van der Waals surface area contributed by atoms with Gasteiger partial charge in [0.05, 0.1) is 6.54 Å². The summed E-state index contributed by atoms with van der Waals surface area (Å²) >= 11 is 0. The SMILES string of the molecule is CCC1=N[C@@]2(CC[C@@H]3CN(CC(=O)N(C)C)C[C@@H]32)C(=O)N1CC1CC1.O=C(O)C(F)(F)F. The van der Waals surface area contributed by atoms with Gasteiger partial charge in [-0.05, 0) is 37.5 Å². The number of hydrogen-bond acceptors (Lipinski definition) is 5. The van der Waals surface area contributed by atoms with E-state index in [1.165, 1.54) is 12.8 Å². The molecule has 3 atom stereocenters. The Bertz CT molecular complexity index is 796. The second-order valence-corrected chi connectivity index (χ2v) is 9.36. The zero-order chi connectivity index (χ0) is 23.8. The number of aliphatic imine (C=N–C) groups is 1. The van der Waals surface area contributed by atoms with Gasteiger partial charge in [0.2, 0.25) is 5.91 Å². The molecule has 4 rings (SSSR count). The van der Waals surface area contributed by atoms with Crippen LogP contribution >= 0.6 is 0 Å². The van der Waals surface area contributed by atoms with Crippen molar-refractivity contribution in [3.05, 3.63) is 0 Å². The topological polar surface area (TPSA) is 93.5 Å². The van der Waals surface area contributed by atoms with Crippen molar-refractivity contribution in [2.45, 2.75) is 50.7 Å². The quantitative estimate of drug-likeness (QED) is 0.676. The van der Waals surface area contributed by atoms with E-state index >= 15 is 0 Å². The van der Waals surface area contributed by atoms with Crippen LogP contribution in [0.1, 0.15) is 39.0 Å².